The normalized spacial score (nSPS) is 24.6. The Kier molecular flexibility index (Phi) is 3.03. The lowest BCUT2D eigenvalue weighted by Gasteiger charge is -2.19. The van der Waals surface area contributed by atoms with E-state index in [9.17, 15) is 13.9 Å². The van der Waals surface area contributed by atoms with E-state index in [1.165, 1.54) is 24.3 Å². The largest absolute Gasteiger partial charge is 0.456 e. The Morgan fingerprint density at radius 1 is 1.10 bits per heavy atom. The van der Waals surface area contributed by atoms with Crippen molar-refractivity contribution in [1.82, 2.24) is 0 Å². The second kappa shape index (κ2) is 4.72. The molecule has 0 fully saturated rings. The summed E-state index contributed by atoms with van der Waals surface area (Å²) in [5.74, 6) is -0.0231. The lowest BCUT2D eigenvalue weighted by atomic mass is 9.94. The van der Waals surface area contributed by atoms with Gasteiger partial charge in [0.25, 0.3) is 6.36 Å². The Morgan fingerprint density at radius 2 is 1.80 bits per heavy atom. The van der Waals surface area contributed by atoms with Crippen LogP contribution >= 0.6 is 0 Å². The lowest BCUT2D eigenvalue weighted by Crippen LogP contribution is -2.32. The van der Waals surface area contributed by atoms with Gasteiger partial charge in [0.15, 0.2) is 5.60 Å². The maximum absolute atomic E-state index is 13.9. The van der Waals surface area contributed by atoms with Gasteiger partial charge in [0.05, 0.1) is 0 Å². The van der Waals surface area contributed by atoms with Gasteiger partial charge in [-0.2, -0.15) is 4.39 Å². The van der Waals surface area contributed by atoms with Crippen LogP contribution in [0.2, 0.25) is 0 Å². The van der Waals surface area contributed by atoms with Crippen LogP contribution < -0.4 is 4.74 Å². The zero-order valence-corrected chi connectivity index (χ0v) is 10.5. The van der Waals surface area contributed by atoms with Crippen LogP contribution in [-0.2, 0) is 5.60 Å². The van der Waals surface area contributed by atoms with E-state index in [0.717, 1.165) is 0 Å². The molecule has 0 amide bonds. The molecule has 1 aliphatic rings. The molecule has 0 radical (unpaired) electrons. The lowest BCUT2D eigenvalue weighted by molar-refractivity contribution is -0.0728. The smallest absolute Gasteiger partial charge is 0.274 e. The highest BCUT2D eigenvalue weighted by atomic mass is 19.1. The minimum atomic E-state index is -1.86. The maximum Gasteiger partial charge on any atom is 0.274 e. The molecular formula is C16H12F2O2. The van der Waals surface area contributed by atoms with Gasteiger partial charge in [-0.15, -0.1) is 0 Å². The molecule has 4 heteroatoms. The Hall–Kier alpha value is -2.20. The molecule has 0 bridgehead atoms. The third-order valence-corrected chi connectivity index (χ3v) is 3.29. The Labute approximate surface area is 114 Å². The van der Waals surface area contributed by atoms with E-state index in [2.05, 4.69) is 0 Å². The molecule has 0 saturated heterocycles. The number of alkyl halides is 1. The van der Waals surface area contributed by atoms with Crippen LogP contribution in [0.15, 0.2) is 54.6 Å². The summed E-state index contributed by atoms with van der Waals surface area (Å²) >= 11 is 0. The number of ether oxygens (including phenoxy) is 1. The van der Waals surface area contributed by atoms with Crippen molar-refractivity contribution >= 4 is 6.08 Å². The SMILES string of the molecule is OC1(C=Cc2ccc(F)cc2)c2ccccc2OC1F. The highest BCUT2D eigenvalue weighted by molar-refractivity contribution is 5.54. The van der Waals surface area contributed by atoms with E-state index in [1.807, 2.05) is 0 Å². The van der Waals surface area contributed by atoms with E-state index in [4.69, 9.17) is 4.74 Å². The van der Waals surface area contributed by atoms with Crippen molar-refractivity contribution in [3.05, 3.63) is 71.6 Å². The van der Waals surface area contributed by atoms with Crippen molar-refractivity contribution in [3.63, 3.8) is 0 Å². The molecule has 1 aliphatic heterocycles. The summed E-state index contributed by atoms with van der Waals surface area (Å²) in [4.78, 5) is 0. The van der Waals surface area contributed by atoms with Gasteiger partial charge >= 0.3 is 0 Å². The molecule has 102 valence electrons. The minimum Gasteiger partial charge on any atom is -0.456 e. The average molecular weight is 274 g/mol. The van der Waals surface area contributed by atoms with Crippen LogP contribution in [0.1, 0.15) is 11.1 Å². The summed E-state index contributed by atoms with van der Waals surface area (Å²) in [6, 6.07) is 12.3. The van der Waals surface area contributed by atoms with Gasteiger partial charge in [-0.1, -0.05) is 36.4 Å². The molecule has 2 nitrogen and oxygen atoms in total. The zero-order valence-electron chi connectivity index (χ0n) is 10.5. The van der Waals surface area contributed by atoms with Crippen molar-refractivity contribution in [2.75, 3.05) is 0 Å². The summed E-state index contributed by atoms with van der Waals surface area (Å²) in [7, 11) is 0. The first-order valence-electron chi connectivity index (χ1n) is 6.17. The monoisotopic (exact) mass is 274 g/mol. The first-order valence-corrected chi connectivity index (χ1v) is 6.17. The standard InChI is InChI=1S/C16H12F2O2/c17-12-7-5-11(6-8-12)9-10-16(19)13-3-1-2-4-14(13)20-15(16)18/h1-10,15,19H. The number of aliphatic hydroxyl groups is 1. The minimum absolute atomic E-state index is 0.325. The molecule has 2 aromatic carbocycles. The van der Waals surface area contributed by atoms with Gasteiger partial charge in [0.1, 0.15) is 11.6 Å². The zero-order chi connectivity index (χ0) is 14.2. The van der Waals surface area contributed by atoms with Crippen LogP contribution in [0.25, 0.3) is 6.08 Å². The summed E-state index contributed by atoms with van der Waals surface area (Å²) in [6.07, 6.45) is 1.01. The van der Waals surface area contributed by atoms with Gasteiger partial charge in [0, 0.05) is 5.56 Å². The van der Waals surface area contributed by atoms with Crippen molar-refractivity contribution in [3.8, 4) is 5.75 Å². The van der Waals surface area contributed by atoms with E-state index in [0.29, 0.717) is 16.9 Å². The number of benzene rings is 2. The predicted molar refractivity (Wildman–Crippen MR) is 71.3 cm³/mol. The van der Waals surface area contributed by atoms with Crippen LogP contribution in [0, 0.1) is 5.82 Å². The summed E-state index contributed by atoms with van der Waals surface area (Å²) in [5.41, 5.74) is -0.785. The van der Waals surface area contributed by atoms with Gasteiger partial charge in [-0.05, 0) is 29.8 Å². The van der Waals surface area contributed by atoms with Crippen LogP contribution in [0.5, 0.6) is 5.75 Å². The molecule has 2 aromatic rings. The Morgan fingerprint density at radius 3 is 2.55 bits per heavy atom. The molecule has 0 saturated carbocycles. The maximum atomic E-state index is 13.9. The van der Waals surface area contributed by atoms with Gasteiger partial charge in [0.2, 0.25) is 0 Å². The van der Waals surface area contributed by atoms with Crippen molar-refractivity contribution < 1.29 is 18.6 Å². The van der Waals surface area contributed by atoms with E-state index >= 15 is 0 Å². The van der Waals surface area contributed by atoms with Gasteiger partial charge in [-0.3, -0.25) is 0 Å². The average Bonchev–Trinajstić information content (AvgIpc) is 2.71. The fourth-order valence-electron chi connectivity index (χ4n) is 2.19. The first kappa shape index (κ1) is 12.8. The summed E-state index contributed by atoms with van der Waals surface area (Å²) in [6.45, 7) is 0. The quantitative estimate of drug-likeness (QED) is 0.909. The molecule has 0 aromatic heterocycles. The van der Waals surface area contributed by atoms with Crippen molar-refractivity contribution in [2.45, 2.75) is 12.0 Å². The van der Waals surface area contributed by atoms with Crippen LogP contribution in [0.4, 0.5) is 8.78 Å². The molecule has 2 unspecified atom stereocenters. The molecular weight excluding hydrogens is 262 g/mol. The van der Waals surface area contributed by atoms with E-state index in [1.54, 1.807) is 36.4 Å². The number of hydrogen-bond acceptors (Lipinski definition) is 2. The number of para-hydroxylation sites is 1. The van der Waals surface area contributed by atoms with Crippen LogP contribution in [0.3, 0.4) is 0 Å². The summed E-state index contributed by atoms with van der Waals surface area (Å²) in [5, 5.41) is 10.5. The third-order valence-electron chi connectivity index (χ3n) is 3.29. The first-order chi connectivity index (χ1) is 9.59. The number of rotatable bonds is 2. The topological polar surface area (TPSA) is 29.5 Å². The molecule has 1 N–H and O–H groups in total. The Balaban J connectivity index is 1.95. The van der Waals surface area contributed by atoms with E-state index < -0.39 is 12.0 Å². The number of halogens is 2. The molecule has 2 atom stereocenters. The van der Waals surface area contributed by atoms with Crippen molar-refractivity contribution in [1.29, 1.82) is 0 Å². The molecule has 3 rings (SSSR count). The third kappa shape index (κ3) is 2.08. The van der Waals surface area contributed by atoms with E-state index in [-0.39, 0.29) is 5.82 Å². The fourth-order valence-corrected chi connectivity index (χ4v) is 2.19. The number of fused-ring (bicyclic) bond motifs is 1. The summed E-state index contributed by atoms with van der Waals surface area (Å²) < 4.78 is 31.8. The van der Waals surface area contributed by atoms with Crippen LogP contribution in [-0.4, -0.2) is 11.5 Å². The molecule has 0 spiro atoms. The second-order valence-corrected chi connectivity index (χ2v) is 4.64. The predicted octanol–water partition coefficient (Wildman–Crippen LogP) is 3.41. The fraction of sp³-hybridized carbons (Fsp3) is 0.125. The van der Waals surface area contributed by atoms with Gasteiger partial charge < -0.3 is 9.84 Å². The number of hydrogen-bond donors (Lipinski definition) is 1. The molecule has 0 aliphatic carbocycles. The molecule has 20 heavy (non-hydrogen) atoms. The van der Waals surface area contributed by atoms with Crippen molar-refractivity contribution in [2.24, 2.45) is 0 Å². The second-order valence-electron chi connectivity index (χ2n) is 4.64. The highest BCUT2D eigenvalue weighted by Crippen LogP contribution is 2.43. The Bertz CT molecular complexity index is 652. The highest BCUT2D eigenvalue weighted by Gasteiger charge is 2.46. The molecule has 1 heterocycles. The van der Waals surface area contributed by atoms with Gasteiger partial charge in [-0.25, -0.2) is 4.39 Å².